The molecule has 0 aliphatic rings. The fraction of sp³-hybridized carbons (Fsp3) is 0.167. The zero-order chi connectivity index (χ0) is 20.3. The van der Waals surface area contributed by atoms with Gasteiger partial charge in [0.2, 0.25) is 21.7 Å². The van der Waals surface area contributed by atoms with E-state index in [0.29, 0.717) is 16.5 Å². The second-order valence-electron chi connectivity index (χ2n) is 6.11. The van der Waals surface area contributed by atoms with Gasteiger partial charge in [0.05, 0.1) is 6.26 Å². The lowest BCUT2D eigenvalue weighted by molar-refractivity contribution is 0.0932. The van der Waals surface area contributed by atoms with Crippen LogP contribution in [0.25, 0.3) is 11.4 Å². The highest BCUT2D eigenvalue weighted by molar-refractivity contribution is 7.92. The molecule has 1 aromatic heterocycles. The van der Waals surface area contributed by atoms with Crippen molar-refractivity contribution in [3.05, 3.63) is 65.0 Å². The molecule has 1 amide bonds. The van der Waals surface area contributed by atoms with Crippen molar-refractivity contribution in [2.45, 2.75) is 13.0 Å². The standard InChI is InChI=1S/C18H17ClN4O4S/c1-11(18-21-16(22-27-18)12-6-8-14(19)9-7-12)20-17(24)13-4-3-5-15(10-13)23-28(2,25)26/h3-11,23H,1-2H3,(H,20,24)/t11-/m1/s1. The topological polar surface area (TPSA) is 114 Å². The number of rotatable bonds is 6. The minimum absolute atomic E-state index is 0.240. The lowest BCUT2D eigenvalue weighted by Gasteiger charge is -2.11. The lowest BCUT2D eigenvalue weighted by Crippen LogP contribution is -2.27. The smallest absolute Gasteiger partial charge is 0.251 e. The van der Waals surface area contributed by atoms with Gasteiger partial charge in [-0.15, -0.1) is 0 Å². The average molecular weight is 421 g/mol. The molecule has 0 radical (unpaired) electrons. The Labute approximate surface area is 167 Å². The van der Waals surface area contributed by atoms with Crippen molar-refractivity contribution in [2.75, 3.05) is 11.0 Å². The Kier molecular flexibility index (Phi) is 5.66. The lowest BCUT2D eigenvalue weighted by atomic mass is 10.2. The van der Waals surface area contributed by atoms with Crippen LogP contribution in [0, 0.1) is 0 Å². The molecule has 2 aromatic carbocycles. The number of sulfonamides is 1. The maximum Gasteiger partial charge on any atom is 0.251 e. The Morgan fingerprint density at radius 3 is 2.57 bits per heavy atom. The molecule has 28 heavy (non-hydrogen) atoms. The second-order valence-corrected chi connectivity index (χ2v) is 8.30. The van der Waals surface area contributed by atoms with Gasteiger partial charge >= 0.3 is 0 Å². The fourth-order valence-corrected chi connectivity index (χ4v) is 3.09. The van der Waals surface area contributed by atoms with Crippen molar-refractivity contribution >= 4 is 33.2 Å². The van der Waals surface area contributed by atoms with E-state index in [0.717, 1.165) is 11.8 Å². The van der Waals surface area contributed by atoms with Gasteiger partial charge in [0, 0.05) is 21.8 Å². The number of nitrogens with zero attached hydrogens (tertiary/aromatic N) is 2. The van der Waals surface area contributed by atoms with E-state index in [1.54, 1.807) is 49.4 Å². The molecule has 0 unspecified atom stereocenters. The average Bonchev–Trinajstić information content (AvgIpc) is 3.11. The molecule has 10 heteroatoms. The Hall–Kier alpha value is -2.91. The van der Waals surface area contributed by atoms with Gasteiger partial charge in [0.1, 0.15) is 6.04 Å². The highest BCUT2D eigenvalue weighted by Gasteiger charge is 2.18. The predicted molar refractivity (Wildman–Crippen MR) is 106 cm³/mol. The van der Waals surface area contributed by atoms with Gasteiger partial charge in [0.25, 0.3) is 5.91 Å². The predicted octanol–water partition coefficient (Wildman–Crippen LogP) is 3.25. The molecule has 8 nitrogen and oxygen atoms in total. The fourth-order valence-electron chi connectivity index (χ4n) is 2.41. The van der Waals surface area contributed by atoms with Crippen LogP contribution in [0.2, 0.25) is 5.02 Å². The summed E-state index contributed by atoms with van der Waals surface area (Å²) in [5.74, 6) is 0.215. The summed E-state index contributed by atoms with van der Waals surface area (Å²) in [4.78, 5) is 16.8. The summed E-state index contributed by atoms with van der Waals surface area (Å²) in [7, 11) is -3.44. The second kappa shape index (κ2) is 7.99. The number of anilines is 1. The van der Waals surface area contributed by atoms with Gasteiger partial charge in [-0.2, -0.15) is 4.98 Å². The van der Waals surface area contributed by atoms with Gasteiger partial charge < -0.3 is 9.84 Å². The summed E-state index contributed by atoms with van der Waals surface area (Å²) >= 11 is 5.87. The minimum atomic E-state index is -3.44. The van der Waals surface area contributed by atoms with Gasteiger partial charge in [-0.05, 0) is 49.4 Å². The quantitative estimate of drug-likeness (QED) is 0.632. The third-order valence-corrected chi connectivity index (χ3v) is 4.55. The number of nitrogens with one attached hydrogen (secondary N) is 2. The first kappa shape index (κ1) is 19.8. The van der Waals surface area contributed by atoms with Crippen LogP contribution >= 0.6 is 11.6 Å². The largest absolute Gasteiger partial charge is 0.341 e. The minimum Gasteiger partial charge on any atom is -0.341 e. The summed E-state index contributed by atoms with van der Waals surface area (Å²) in [5, 5.41) is 7.26. The zero-order valence-electron chi connectivity index (χ0n) is 15.0. The zero-order valence-corrected chi connectivity index (χ0v) is 16.6. The van der Waals surface area contributed by atoms with E-state index >= 15 is 0 Å². The Bertz CT molecular complexity index is 1100. The van der Waals surface area contributed by atoms with Crippen LogP contribution in [0.4, 0.5) is 5.69 Å². The third-order valence-electron chi connectivity index (χ3n) is 3.69. The molecule has 3 aromatic rings. The molecule has 0 saturated heterocycles. The summed E-state index contributed by atoms with van der Waals surface area (Å²) in [5.41, 5.74) is 1.32. The monoisotopic (exact) mass is 420 g/mol. The third kappa shape index (κ3) is 5.08. The molecular weight excluding hydrogens is 404 g/mol. The molecule has 146 valence electrons. The van der Waals surface area contributed by atoms with Crippen molar-refractivity contribution < 1.29 is 17.7 Å². The normalized spacial score (nSPS) is 12.4. The molecule has 3 rings (SSSR count). The van der Waals surface area contributed by atoms with E-state index in [4.69, 9.17) is 16.1 Å². The van der Waals surface area contributed by atoms with E-state index < -0.39 is 22.0 Å². The summed E-state index contributed by atoms with van der Waals surface area (Å²) in [6.45, 7) is 1.70. The van der Waals surface area contributed by atoms with Gasteiger partial charge in [-0.3, -0.25) is 9.52 Å². The van der Waals surface area contributed by atoms with E-state index in [9.17, 15) is 13.2 Å². The Morgan fingerprint density at radius 1 is 1.18 bits per heavy atom. The van der Waals surface area contributed by atoms with Crippen molar-refractivity contribution in [3.63, 3.8) is 0 Å². The van der Waals surface area contributed by atoms with Crippen LogP contribution in [0.3, 0.4) is 0 Å². The van der Waals surface area contributed by atoms with Crippen LogP contribution in [0.15, 0.2) is 53.1 Å². The van der Waals surface area contributed by atoms with Gasteiger partial charge in [0.15, 0.2) is 0 Å². The molecule has 1 atom stereocenters. The van der Waals surface area contributed by atoms with Crippen molar-refractivity contribution in [1.29, 1.82) is 0 Å². The molecule has 1 heterocycles. The molecule has 0 aliphatic heterocycles. The Morgan fingerprint density at radius 2 is 1.89 bits per heavy atom. The SMILES string of the molecule is C[C@@H](NC(=O)c1cccc(NS(C)(=O)=O)c1)c1nc(-c2ccc(Cl)cc2)no1. The molecular formula is C18H17ClN4O4S. The van der Waals surface area contributed by atoms with Crippen LogP contribution in [-0.2, 0) is 10.0 Å². The molecule has 0 bridgehead atoms. The highest BCUT2D eigenvalue weighted by Crippen LogP contribution is 2.21. The number of carbonyl (C=O) groups is 1. The van der Waals surface area contributed by atoms with E-state index in [-0.39, 0.29) is 11.5 Å². The van der Waals surface area contributed by atoms with E-state index in [1.165, 1.54) is 6.07 Å². The van der Waals surface area contributed by atoms with Crippen LogP contribution in [0.1, 0.15) is 29.2 Å². The number of hydrogen-bond donors (Lipinski definition) is 2. The number of aromatic nitrogens is 2. The first-order chi connectivity index (χ1) is 13.2. The first-order valence-electron chi connectivity index (χ1n) is 8.19. The van der Waals surface area contributed by atoms with Gasteiger partial charge in [-0.1, -0.05) is 22.8 Å². The van der Waals surface area contributed by atoms with Crippen molar-refractivity contribution in [1.82, 2.24) is 15.5 Å². The molecule has 2 N–H and O–H groups in total. The van der Waals surface area contributed by atoms with E-state index in [1.807, 2.05) is 0 Å². The molecule has 0 saturated carbocycles. The summed E-state index contributed by atoms with van der Waals surface area (Å²) in [6.07, 6.45) is 1.04. The van der Waals surface area contributed by atoms with Crippen molar-refractivity contribution in [2.24, 2.45) is 0 Å². The summed E-state index contributed by atoms with van der Waals surface area (Å²) in [6, 6.07) is 12.6. The van der Waals surface area contributed by atoms with Crippen LogP contribution in [0.5, 0.6) is 0 Å². The highest BCUT2D eigenvalue weighted by atomic mass is 35.5. The van der Waals surface area contributed by atoms with Crippen LogP contribution < -0.4 is 10.0 Å². The van der Waals surface area contributed by atoms with Crippen molar-refractivity contribution in [3.8, 4) is 11.4 Å². The van der Waals surface area contributed by atoms with Gasteiger partial charge in [-0.25, -0.2) is 8.42 Å². The van der Waals surface area contributed by atoms with E-state index in [2.05, 4.69) is 20.2 Å². The number of hydrogen-bond acceptors (Lipinski definition) is 6. The number of benzene rings is 2. The molecule has 0 spiro atoms. The Balaban J connectivity index is 1.71. The first-order valence-corrected chi connectivity index (χ1v) is 10.5. The maximum absolute atomic E-state index is 12.5. The number of halogens is 1. The maximum atomic E-state index is 12.5. The number of carbonyl (C=O) groups excluding carboxylic acids is 1. The van der Waals surface area contributed by atoms with Crippen LogP contribution in [-0.4, -0.2) is 30.7 Å². The number of amides is 1. The molecule has 0 aliphatic carbocycles. The summed E-state index contributed by atoms with van der Waals surface area (Å²) < 4.78 is 30.2. The molecule has 0 fully saturated rings.